The van der Waals surface area contributed by atoms with Gasteiger partial charge in [0.25, 0.3) is 5.91 Å². The van der Waals surface area contributed by atoms with Crippen molar-refractivity contribution in [1.82, 2.24) is 10.2 Å². The lowest BCUT2D eigenvalue weighted by Gasteiger charge is -2.47. The van der Waals surface area contributed by atoms with E-state index >= 15 is 0 Å². The molecule has 0 aliphatic carbocycles. The molecule has 29 heavy (non-hydrogen) atoms. The van der Waals surface area contributed by atoms with Crippen LogP contribution in [0.2, 0.25) is 0 Å². The normalized spacial score (nSPS) is 24.7. The monoisotopic (exact) mass is 440 g/mol. The number of carbonyl (C=O) groups excluding carboxylic acids is 3. The summed E-state index contributed by atoms with van der Waals surface area (Å²) in [6.07, 6.45) is 1.08. The van der Waals surface area contributed by atoms with Crippen LogP contribution in [0.4, 0.5) is 0 Å². The van der Waals surface area contributed by atoms with E-state index in [1.165, 1.54) is 0 Å². The first-order valence-corrected chi connectivity index (χ1v) is 10.6. The van der Waals surface area contributed by atoms with Crippen LogP contribution in [0.5, 0.6) is 0 Å². The van der Waals surface area contributed by atoms with Gasteiger partial charge in [0.2, 0.25) is 11.4 Å². The molecule has 0 radical (unpaired) electrons. The first-order valence-electron chi connectivity index (χ1n) is 9.16. The van der Waals surface area contributed by atoms with Crippen LogP contribution in [0.25, 0.3) is 0 Å². The van der Waals surface area contributed by atoms with Gasteiger partial charge in [-0.15, -0.1) is 11.8 Å². The second-order valence-corrected chi connectivity index (χ2v) is 8.32. The van der Waals surface area contributed by atoms with Gasteiger partial charge in [0.05, 0.1) is 12.2 Å². The molecular formula is C19H21ClN2O6S. The van der Waals surface area contributed by atoms with Crippen molar-refractivity contribution in [2.24, 2.45) is 0 Å². The lowest BCUT2D eigenvalue weighted by molar-refractivity contribution is -0.157. The van der Waals surface area contributed by atoms with Crippen molar-refractivity contribution < 1.29 is 29.0 Å². The van der Waals surface area contributed by atoms with Crippen molar-refractivity contribution in [3.8, 4) is 0 Å². The second kappa shape index (κ2) is 9.60. The van der Waals surface area contributed by atoms with Crippen LogP contribution in [-0.2, 0) is 30.3 Å². The number of Topliss-reactive ketones (excluding diaryl/α,β-unsaturated/α-hetero) is 1. The minimum absolute atomic E-state index is 0.0351. The van der Waals surface area contributed by atoms with Gasteiger partial charge in [0.1, 0.15) is 17.5 Å². The Morgan fingerprint density at radius 3 is 2.66 bits per heavy atom. The van der Waals surface area contributed by atoms with E-state index in [1.54, 1.807) is 24.3 Å². The van der Waals surface area contributed by atoms with Crippen molar-refractivity contribution in [2.75, 3.05) is 12.4 Å². The summed E-state index contributed by atoms with van der Waals surface area (Å²) in [6.45, 7) is 0.538. The fourth-order valence-corrected chi connectivity index (χ4v) is 4.82. The third kappa shape index (κ3) is 5.09. The topological polar surface area (TPSA) is 113 Å². The molecule has 2 amide bonds. The molecule has 1 aromatic rings. The van der Waals surface area contributed by atoms with Gasteiger partial charge in [-0.1, -0.05) is 41.9 Å². The molecule has 2 fully saturated rings. The van der Waals surface area contributed by atoms with E-state index in [-0.39, 0.29) is 23.9 Å². The van der Waals surface area contributed by atoms with Crippen LogP contribution in [0.1, 0.15) is 18.4 Å². The largest absolute Gasteiger partial charge is 0.479 e. The number of β-lactam (4-membered cyclic amide) rings is 1. The quantitative estimate of drug-likeness (QED) is 0.334. The van der Waals surface area contributed by atoms with Crippen LogP contribution >= 0.6 is 23.4 Å². The number of carbonyl (C=O) groups is 4. The number of hydrogen-bond donors (Lipinski definition) is 2. The number of ether oxygens (including phenoxy) is 1. The summed E-state index contributed by atoms with van der Waals surface area (Å²) in [6, 6.07) is 8.09. The first-order chi connectivity index (χ1) is 13.9. The van der Waals surface area contributed by atoms with Crippen molar-refractivity contribution in [3.63, 3.8) is 0 Å². The maximum atomic E-state index is 12.4. The Balaban J connectivity index is 1.63. The Bertz CT molecular complexity index is 786. The maximum Gasteiger partial charge on any atom is 0.342 e. The Morgan fingerprint density at radius 2 is 2.03 bits per heavy atom. The van der Waals surface area contributed by atoms with Crippen LogP contribution < -0.4 is 5.32 Å². The Morgan fingerprint density at radius 1 is 1.31 bits per heavy atom. The molecule has 4 atom stereocenters. The van der Waals surface area contributed by atoms with Crippen molar-refractivity contribution in [2.45, 2.75) is 42.3 Å². The number of carboxylic acid groups (broad SMARTS) is 1. The highest BCUT2D eigenvalue weighted by Gasteiger charge is 2.53. The molecule has 0 aromatic heterocycles. The van der Waals surface area contributed by atoms with Crippen LogP contribution in [-0.4, -0.2) is 69.0 Å². The third-order valence-corrected chi connectivity index (χ3v) is 6.43. The van der Waals surface area contributed by atoms with Gasteiger partial charge in [-0.25, -0.2) is 4.79 Å². The molecule has 0 bridgehead atoms. The highest BCUT2D eigenvalue weighted by molar-refractivity contribution is 8.00. The molecule has 1 aromatic carbocycles. The average molecular weight is 441 g/mol. The van der Waals surface area contributed by atoms with Crippen LogP contribution in [0.15, 0.2) is 30.3 Å². The minimum Gasteiger partial charge on any atom is -0.479 e. The molecular weight excluding hydrogens is 420 g/mol. The summed E-state index contributed by atoms with van der Waals surface area (Å²) < 4.78 is 5.36. The molecule has 8 nitrogen and oxygen atoms in total. The first kappa shape index (κ1) is 21.6. The summed E-state index contributed by atoms with van der Waals surface area (Å²) in [4.78, 5) is 49.3. The van der Waals surface area contributed by atoms with Crippen LogP contribution in [0.3, 0.4) is 0 Å². The lowest BCUT2D eigenvalue weighted by Crippen LogP contribution is -2.72. The predicted molar refractivity (Wildman–Crippen MR) is 106 cm³/mol. The lowest BCUT2D eigenvalue weighted by atomic mass is 10.1. The molecule has 3 rings (SSSR count). The Labute approximate surface area is 176 Å². The molecule has 0 saturated carbocycles. The van der Waals surface area contributed by atoms with Gasteiger partial charge in [-0.3, -0.25) is 19.3 Å². The summed E-state index contributed by atoms with van der Waals surface area (Å²) in [5, 5.41) is 11.0. The standard InChI is InChI=1S/C19H21ClN2O6S/c20-16(19(26)27)22-17(25)15(21-14(24)9-11-5-2-1-3-6-11)18(22)29-10-12(23)13-7-4-8-28-13/h1-3,5-6,13,15-16,18H,4,7-10H2,(H,21,24)(H,26,27)/t13-,15-,16-,18-/m1/s1. The zero-order valence-electron chi connectivity index (χ0n) is 15.5. The molecule has 156 valence electrons. The summed E-state index contributed by atoms with van der Waals surface area (Å²) in [5.41, 5.74) is -0.785. The molecule has 2 heterocycles. The van der Waals surface area contributed by atoms with E-state index in [1.807, 2.05) is 6.07 Å². The number of ketones is 1. The van der Waals surface area contributed by atoms with E-state index in [2.05, 4.69) is 5.32 Å². The number of benzene rings is 1. The molecule has 2 N–H and O–H groups in total. The molecule has 0 spiro atoms. The number of hydrogen-bond acceptors (Lipinski definition) is 6. The fourth-order valence-electron chi connectivity index (χ4n) is 3.25. The zero-order chi connectivity index (χ0) is 21.0. The number of nitrogens with one attached hydrogen (secondary N) is 1. The number of amides is 2. The van der Waals surface area contributed by atoms with Gasteiger partial charge < -0.3 is 15.2 Å². The van der Waals surface area contributed by atoms with E-state index < -0.39 is 34.9 Å². The number of nitrogens with zero attached hydrogens (tertiary/aromatic N) is 1. The van der Waals surface area contributed by atoms with E-state index in [4.69, 9.17) is 21.4 Å². The predicted octanol–water partition coefficient (Wildman–Crippen LogP) is 1.01. The Kier molecular flexibility index (Phi) is 7.15. The number of alkyl halides is 1. The molecule has 2 saturated heterocycles. The number of carboxylic acids is 1. The van der Waals surface area contributed by atoms with E-state index in [9.17, 15) is 19.2 Å². The average Bonchev–Trinajstić information content (AvgIpc) is 3.24. The SMILES string of the molecule is O=C(Cc1ccccc1)N[C@@H]1C(=O)N([C@@H](Cl)C(=O)O)[C@@H]1SCC(=O)[C@H]1CCCO1. The van der Waals surface area contributed by atoms with Gasteiger partial charge in [-0.2, -0.15) is 0 Å². The number of thioether (sulfide) groups is 1. The van der Waals surface area contributed by atoms with Crippen molar-refractivity contribution in [1.29, 1.82) is 0 Å². The van der Waals surface area contributed by atoms with Crippen molar-refractivity contribution in [3.05, 3.63) is 35.9 Å². The fraction of sp³-hybridized carbons (Fsp3) is 0.474. The Hall–Kier alpha value is -2.10. The summed E-state index contributed by atoms with van der Waals surface area (Å²) >= 11 is 6.94. The number of likely N-dealkylation sites (tertiary alicyclic amines) is 1. The van der Waals surface area contributed by atoms with Crippen LogP contribution in [0, 0.1) is 0 Å². The number of halogens is 1. The van der Waals surface area contributed by atoms with Gasteiger partial charge in [0.15, 0.2) is 5.78 Å². The smallest absolute Gasteiger partial charge is 0.342 e. The summed E-state index contributed by atoms with van der Waals surface area (Å²) in [7, 11) is 0. The molecule has 2 aliphatic rings. The summed E-state index contributed by atoms with van der Waals surface area (Å²) in [5.74, 6) is -2.41. The molecule has 0 unspecified atom stereocenters. The van der Waals surface area contributed by atoms with Gasteiger partial charge >= 0.3 is 5.97 Å². The third-order valence-electron chi connectivity index (χ3n) is 4.74. The molecule has 2 aliphatic heterocycles. The van der Waals surface area contributed by atoms with Crippen molar-refractivity contribution >= 4 is 46.9 Å². The number of rotatable bonds is 9. The van der Waals surface area contributed by atoms with E-state index in [0.717, 1.165) is 28.6 Å². The highest BCUT2D eigenvalue weighted by atomic mass is 35.5. The zero-order valence-corrected chi connectivity index (χ0v) is 17.0. The number of aliphatic carboxylic acids is 1. The highest BCUT2D eigenvalue weighted by Crippen LogP contribution is 2.34. The van der Waals surface area contributed by atoms with E-state index in [0.29, 0.717) is 13.0 Å². The molecule has 10 heteroatoms. The van der Waals surface area contributed by atoms with Gasteiger partial charge in [-0.05, 0) is 18.4 Å². The second-order valence-electron chi connectivity index (χ2n) is 6.80. The maximum absolute atomic E-state index is 12.4. The minimum atomic E-state index is -1.57. The van der Waals surface area contributed by atoms with Gasteiger partial charge in [0, 0.05) is 6.61 Å².